The lowest BCUT2D eigenvalue weighted by molar-refractivity contribution is -0.137. The van der Waals surface area contributed by atoms with Crippen LogP contribution in [0.5, 0.6) is 0 Å². The summed E-state index contributed by atoms with van der Waals surface area (Å²) in [5.41, 5.74) is -1.13. The molecule has 2 rings (SSSR count). The van der Waals surface area contributed by atoms with Crippen molar-refractivity contribution in [1.29, 1.82) is 0 Å². The van der Waals surface area contributed by atoms with E-state index in [1.807, 2.05) is 0 Å². The van der Waals surface area contributed by atoms with Gasteiger partial charge in [0.15, 0.2) is 0 Å². The molecule has 0 aromatic heterocycles. The van der Waals surface area contributed by atoms with Crippen molar-refractivity contribution >= 4 is 38.9 Å². The van der Waals surface area contributed by atoms with E-state index in [0.29, 0.717) is 0 Å². The minimum atomic E-state index is -4.60. The van der Waals surface area contributed by atoms with E-state index in [1.54, 1.807) is 0 Å². The summed E-state index contributed by atoms with van der Waals surface area (Å²) in [5, 5.41) is 0.0380. The van der Waals surface area contributed by atoms with Crippen LogP contribution >= 0.6 is 23.2 Å². The van der Waals surface area contributed by atoms with Gasteiger partial charge in [0.05, 0.1) is 22.8 Å². The van der Waals surface area contributed by atoms with Crippen molar-refractivity contribution in [2.75, 3.05) is 10.8 Å². The van der Waals surface area contributed by atoms with E-state index in [9.17, 15) is 21.6 Å². The number of rotatable bonds is 5. The lowest BCUT2D eigenvalue weighted by atomic mass is 10.2. The highest BCUT2D eigenvalue weighted by molar-refractivity contribution is 7.93. The largest absolute Gasteiger partial charge is 0.416 e. The van der Waals surface area contributed by atoms with Crippen LogP contribution in [-0.4, -0.2) is 15.0 Å². The molecule has 0 aliphatic heterocycles. The molecule has 0 bridgehead atoms. The van der Waals surface area contributed by atoms with Crippen molar-refractivity contribution < 1.29 is 21.6 Å². The second kappa shape index (κ2) is 7.27. The van der Waals surface area contributed by atoms with Crippen LogP contribution in [-0.2, 0) is 16.2 Å². The Kier molecular flexibility index (Phi) is 5.71. The Morgan fingerprint density at radius 1 is 1.12 bits per heavy atom. The van der Waals surface area contributed by atoms with E-state index in [2.05, 4.69) is 6.58 Å². The summed E-state index contributed by atoms with van der Waals surface area (Å²) >= 11 is 11.8. The Morgan fingerprint density at radius 2 is 1.80 bits per heavy atom. The van der Waals surface area contributed by atoms with Crippen molar-refractivity contribution in [1.82, 2.24) is 0 Å². The second-order valence-electron chi connectivity index (χ2n) is 4.95. The number of alkyl halides is 3. The minimum Gasteiger partial charge on any atom is -0.262 e. The first-order valence-corrected chi connectivity index (χ1v) is 9.03. The lowest BCUT2D eigenvalue weighted by Gasteiger charge is -2.24. The van der Waals surface area contributed by atoms with Crippen molar-refractivity contribution in [2.45, 2.75) is 11.1 Å². The maximum absolute atomic E-state index is 12.9. The van der Waals surface area contributed by atoms with Gasteiger partial charge in [0.2, 0.25) is 0 Å². The van der Waals surface area contributed by atoms with Gasteiger partial charge in [-0.3, -0.25) is 4.31 Å². The van der Waals surface area contributed by atoms with Crippen molar-refractivity contribution in [3.05, 3.63) is 70.7 Å². The van der Waals surface area contributed by atoms with Crippen molar-refractivity contribution in [3.63, 3.8) is 0 Å². The van der Waals surface area contributed by atoms with Gasteiger partial charge in [-0.15, -0.1) is 6.58 Å². The molecule has 2 aromatic carbocycles. The summed E-state index contributed by atoms with van der Waals surface area (Å²) in [6, 6.07) is 7.84. The van der Waals surface area contributed by atoms with E-state index in [4.69, 9.17) is 23.2 Å². The molecule has 2 aromatic rings. The fourth-order valence-corrected chi connectivity index (χ4v) is 4.26. The normalized spacial score (nSPS) is 12.0. The number of halogens is 5. The first kappa shape index (κ1) is 19.6. The average molecular weight is 410 g/mol. The molecule has 0 aliphatic carbocycles. The van der Waals surface area contributed by atoms with E-state index in [0.717, 1.165) is 28.6 Å². The average Bonchev–Trinajstić information content (AvgIpc) is 2.54. The van der Waals surface area contributed by atoms with Crippen LogP contribution in [0.2, 0.25) is 10.0 Å². The molecule has 134 valence electrons. The van der Waals surface area contributed by atoms with Crippen LogP contribution in [0.25, 0.3) is 0 Å². The maximum atomic E-state index is 12.9. The Bertz CT molecular complexity index is 898. The molecule has 3 nitrogen and oxygen atoms in total. The van der Waals surface area contributed by atoms with Gasteiger partial charge in [0.1, 0.15) is 4.90 Å². The van der Waals surface area contributed by atoms with Crippen molar-refractivity contribution in [2.24, 2.45) is 0 Å². The fourth-order valence-electron chi connectivity index (χ4n) is 2.09. The van der Waals surface area contributed by atoms with E-state index in [1.165, 1.54) is 24.3 Å². The minimum absolute atomic E-state index is 0.0922. The predicted octanol–water partition coefficient (Wildman–Crippen LogP) is 5.39. The third-order valence-electron chi connectivity index (χ3n) is 3.22. The molecular weight excluding hydrogens is 398 g/mol. The van der Waals surface area contributed by atoms with Gasteiger partial charge in [-0.2, -0.15) is 13.2 Å². The van der Waals surface area contributed by atoms with E-state index in [-0.39, 0.29) is 27.2 Å². The summed E-state index contributed by atoms with van der Waals surface area (Å²) in [5.74, 6) is 0. The topological polar surface area (TPSA) is 37.4 Å². The third-order valence-corrected chi connectivity index (χ3v) is 5.73. The summed E-state index contributed by atoms with van der Waals surface area (Å²) in [6.07, 6.45) is -3.34. The van der Waals surface area contributed by atoms with Gasteiger partial charge in [-0.05, 0) is 36.4 Å². The number of benzene rings is 2. The number of hydrogen-bond acceptors (Lipinski definition) is 2. The molecule has 0 fully saturated rings. The van der Waals surface area contributed by atoms with Gasteiger partial charge in [0, 0.05) is 5.02 Å². The Morgan fingerprint density at radius 3 is 2.40 bits per heavy atom. The highest BCUT2D eigenvalue weighted by atomic mass is 35.5. The first-order chi connectivity index (χ1) is 11.6. The molecule has 0 saturated heterocycles. The molecule has 9 heteroatoms. The Labute approximate surface area is 153 Å². The zero-order valence-electron chi connectivity index (χ0n) is 12.6. The summed E-state index contributed by atoms with van der Waals surface area (Å²) in [6.45, 7) is 3.21. The number of hydrogen-bond donors (Lipinski definition) is 0. The molecule has 25 heavy (non-hydrogen) atoms. The first-order valence-electron chi connectivity index (χ1n) is 6.83. The maximum Gasteiger partial charge on any atom is 0.416 e. The van der Waals surface area contributed by atoms with Crippen LogP contribution in [0.4, 0.5) is 18.9 Å². The fraction of sp³-hybridized carbons (Fsp3) is 0.125. The van der Waals surface area contributed by atoms with Crippen molar-refractivity contribution in [3.8, 4) is 0 Å². The molecule has 0 N–H and O–H groups in total. The standard InChI is InChI=1S/C16H12Cl2F3NO2S/c1-2-8-22(13-5-3-4-11(9-13)16(19,20)21)25(23,24)15-10-12(17)6-7-14(15)18/h2-7,9-10H,1,8H2. The number of nitrogens with zero attached hydrogens (tertiary/aromatic N) is 1. The van der Waals surface area contributed by atoms with Gasteiger partial charge in [0.25, 0.3) is 10.0 Å². The number of sulfonamides is 1. The SMILES string of the molecule is C=CCN(c1cccc(C(F)(F)F)c1)S(=O)(=O)c1cc(Cl)ccc1Cl. The van der Waals surface area contributed by atoms with E-state index >= 15 is 0 Å². The molecular formula is C16H12Cl2F3NO2S. The Hall–Kier alpha value is -1.70. The van der Waals surface area contributed by atoms with Crippen LogP contribution in [0.15, 0.2) is 60.0 Å². The highest BCUT2D eigenvalue weighted by Crippen LogP contribution is 2.34. The lowest BCUT2D eigenvalue weighted by Crippen LogP contribution is -2.31. The van der Waals surface area contributed by atoms with Crippen LogP contribution in [0, 0.1) is 0 Å². The van der Waals surface area contributed by atoms with Gasteiger partial charge >= 0.3 is 6.18 Å². The monoisotopic (exact) mass is 409 g/mol. The summed E-state index contributed by atoms with van der Waals surface area (Å²) < 4.78 is 65.4. The second-order valence-corrected chi connectivity index (χ2v) is 7.62. The summed E-state index contributed by atoms with van der Waals surface area (Å²) in [4.78, 5) is -0.305. The molecule has 0 heterocycles. The molecule has 0 amide bonds. The van der Waals surface area contributed by atoms with Crippen LogP contribution < -0.4 is 4.31 Å². The van der Waals surface area contributed by atoms with Gasteiger partial charge in [-0.1, -0.05) is 35.3 Å². The van der Waals surface area contributed by atoms with Gasteiger partial charge in [-0.25, -0.2) is 8.42 Å². The van der Waals surface area contributed by atoms with E-state index < -0.39 is 21.8 Å². The smallest absolute Gasteiger partial charge is 0.262 e. The molecule has 0 spiro atoms. The molecule has 0 saturated carbocycles. The predicted molar refractivity (Wildman–Crippen MR) is 92.6 cm³/mol. The molecule has 0 aliphatic rings. The summed E-state index contributed by atoms with van der Waals surface area (Å²) in [7, 11) is -4.25. The zero-order chi connectivity index (χ0) is 18.8. The molecule has 0 atom stereocenters. The van der Waals surface area contributed by atoms with Gasteiger partial charge < -0.3 is 0 Å². The quantitative estimate of drug-likeness (QED) is 0.620. The van der Waals surface area contributed by atoms with Crippen LogP contribution in [0.3, 0.4) is 0 Å². The Balaban J connectivity index is 2.62. The molecule has 0 radical (unpaired) electrons. The molecule has 0 unspecified atom stereocenters. The zero-order valence-corrected chi connectivity index (χ0v) is 14.9. The third kappa shape index (κ3) is 4.29. The highest BCUT2D eigenvalue weighted by Gasteiger charge is 2.32. The number of anilines is 1. The van der Waals surface area contributed by atoms with Crippen LogP contribution in [0.1, 0.15) is 5.56 Å².